The predicted octanol–water partition coefficient (Wildman–Crippen LogP) is 13.8. The Kier molecular flexibility index (Phi) is 9.55. The second-order valence-corrected chi connectivity index (χ2v) is 13.8. The highest BCUT2D eigenvalue weighted by Gasteiger charge is 2.18. The van der Waals surface area contributed by atoms with Crippen LogP contribution in [0, 0.1) is 27.7 Å². The molecule has 242 valence electrons. The van der Waals surface area contributed by atoms with E-state index in [1.54, 1.807) is 0 Å². The average Bonchev–Trinajstić information content (AvgIpc) is 3.08. The van der Waals surface area contributed by atoms with Crippen molar-refractivity contribution in [3.8, 4) is 11.1 Å². The van der Waals surface area contributed by atoms with Gasteiger partial charge in [-0.2, -0.15) is 0 Å². The maximum absolute atomic E-state index is 2.38. The Morgan fingerprint density at radius 3 is 0.917 bits per heavy atom. The van der Waals surface area contributed by atoms with Gasteiger partial charge in [-0.15, -0.1) is 0 Å². The second kappa shape index (κ2) is 14.0. The zero-order valence-corrected chi connectivity index (χ0v) is 29.8. The third-order valence-electron chi connectivity index (χ3n) is 9.43. The minimum Gasteiger partial charge on any atom is -0.310 e. The largest absolute Gasteiger partial charge is 0.310 e. The van der Waals surface area contributed by atoms with Gasteiger partial charge in [0, 0.05) is 34.1 Å². The summed E-state index contributed by atoms with van der Waals surface area (Å²) in [7, 11) is 0. The zero-order valence-electron chi connectivity index (χ0n) is 29.8. The van der Waals surface area contributed by atoms with E-state index in [1.165, 1.54) is 55.9 Å². The number of hydrogen-bond acceptors (Lipinski definition) is 2. The van der Waals surface area contributed by atoms with Crippen LogP contribution in [0.1, 0.15) is 72.9 Å². The minimum atomic E-state index is 0.497. The van der Waals surface area contributed by atoms with Gasteiger partial charge in [-0.05, 0) is 146 Å². The Hall–Kier alpha value is -5.08. The third-order valence-corrected chi connectivity index (χ3v) is 9.43. The van der Waals surface area contributed by atoms with E-state index in [2.05, 4.69) is 199 Å². The van der Waals surface area contributed by atoms with E-state index >= 15 is 0 Å². The molecule has 0 radical (unpaired) electrons. The predicted molar refractivity (Wildman–Crippen MR) is 208 cm³/mol. The molecule has 0 aliphatic heterocycles. The lowest BCUT2D eigenvalue weighted by Gasteiger charge is -2.28. The van der Waals surface area contributed by atoms with E-state index < -0.39 is 0 Å². The van der Waals surface area contributed by atoms with Crippen LogP contribution in [0.4, 0.5) is 34.1 Å². The Morgan fingerprint density at radius 1 is 0.354 bits per heavy atom. The van der Waals surface area contributed by atoms with Crippen LogP contribution in [0.5, 0.6) is 0 Å². The lowest BCUT2D eigenvalue weighted by Crippen LogP contribution is -2.12. The first-order valence-electron chi connectivity index (χ1n) is 17.2. The SMILES string of the molecule is Cc1ccc(N(c2ccc(C(C)C)cc2)c2ccc(-c3ccc(N(c4ccc(C)cc4)c4ccc(C(C)C)cc4)c(C)c3)cc2C)cc1. The molecule has 6 rings (SSSR count). The number of aryl methyl sites for hydroxylation is 4. The van der Waals surface area contributed by atoms with Crippen LogP contribution in [0.2, 0.25) is 0 Å². The van der Waals surface area contributed by atoms with E-state index in [0.29, 0.717) is 11.8 Å². The Morgan fingerprint density at radius 2 is 0.646 bits per heavy atom. The molecule has 2 heteroatoms. The van der Waals surface area contributed by atoms with Gasteiger partial charge in [-0.1, -0.05) is 99.5 Å². The van der Waals surface area contributed by atoms with E-state index in [1.807, 2.05) is 0 Å². The van der Waals surface area contributed by atoms with Gasteiger partial charge in [0.2, 0.25) is 0 Å². The second-order valence-electron chi connectivity index (χ2n) is 13.8. The van der Waals surface area contributed by atoms with Crippen molar-refractivity contribution in [1.82, 2.24) is 0 Å². The van der Waals surface area contributed by atoms with Crippen LogP contribution in [0.3, 0.4) is 0 Å². The molecule has 0 spiro atoms. The maximum Gasteiger partial charge on any atom is 0.0491 e. The minimum absolute atomic E-state index is 0.497. The topological polar surface area (TPSA) is 6.48 Å². The molecule has 0 saturated heterocycles. The van der Waals surface area contributed by atoms with E-state index in [0.717, 1.165) is 22.7 Å². The van der Waals surface area contributed by atoms with Gasteiger partial charge in [0.15, 0.2) is 0 Å². The molecule has 0 fully saturated rings. The molecule has 0 saturated carbocycles. The maximum atomic E-state index is 2.38. The van der Waals surface area contributed by atoms with E-state index in [4.69, 9.17) is 0 Å². The third kappa shape index (κ3) is 6.94. The fourth-order valence-electron chi connectivity index (χ4n) is 6.43. The van der Waals surface area contributed by atoms with Gasteiger partial charge in [0.25, 0.3) is 0 Å². The summed E-state index contributed by atoms with van der Waals surface area (Å²) in [4.78, 5) is 4.75. The Balaban J connectivity index is 1.37. The molecular formula is C46H48N2. The van der Waals surface area contributed by atoms with Crippen molar-refractivity contribution >= 4 is 34.1 Å². The molecule has 0 heterocycles. The van der Waals surface area contributed by atoms with Gasteiger partial charge in [-0.25, -0.2) is 0 Å². The summed E-state index contributed by atoms with van der Waals surface area (Å²) in [5, 5.41) is 0. The van der Waals surface area contributed by atoms with Crippen molar-refractivity contribution in [1.29, 1.82) is 0 Å². The number of nitrogens with zero attached hydrogens (tertiary/aromatic N) is 2. The molecule has 6 aromatic carbocycles. The summed E-state index contributed by atoms with van der Waals surface area (Å²) >= 11 is 0. The summed E-state index contributed by atoms with van der Waals surface area (Å²) in [6.45, 7) is 17.7. The molecule has 0 aromatic heterocycles. The van der Waals surface area contributed by atoms with Gasteiger partial charge in [0.05, 0.1) is 0 Å². The normalized spacial score (nSPS) is 11.3. The summed E-state index contributed by atoms with van der Waals surface area (Å²) in [6.07, 6.45) is 0. The van der Waals surface area contributed by atoms with Gasteiger partial charge in [0.1, 0.15) is 0 Å². The molecule has 0 bridgehead atoms. The average molecular weight is 629 g/mol. The first-order chi connectivity index (χ1) is 23.1. The molecular weight excluding hydrogens is 581 g/mol. The molecule has 0 aliphatic rings. The summed E-state index contributed by atoms with van der Waals surface area (Å²) in [5.74, 6) is 0.995. The lowest BCUT2D eigenvalue weighted by molar-refractivity contribution is 0.866. The van der Waals surface area contributed by atoms with Crippen LogP contribution >= 0.6 is 0 Å². The number of benzene rings is 6. The highest BCUT2D eigenvalue weighted by molar-refractivity contribution is 5.83. The van der Waals surface area contributed by atoms with Crippen LogP contribution in [0.25, 0.3) is 11.1 Å². The molecule has 0 N–H and O–H groups in total. The fourth-order valence-corrected chi connectivity index (χ4v) is 6.43. The fraction of sp³-hybridized carbons (Fsp3) is 0.217. The van der Waals surface area contributed by atoms with E-state index in [-0.39, 0.29) is 0 Å². The molecule has 6 aromatic rings. The molecule has 2 nitrogen and oxygen atoms in total. The van der Waals surface area contributed by atoms with Crippen molar-refractivity contribution in [2.24, 2.45) is 0 Å². The smallest absolute Gasteiger partial charge is 0.0491 e. The van der Waals surface area contributed by atoms with Gasteiger partial charge < -0.3 is 9.80 Å². The van der Waals surface area contributed by atoms with Gasteiger partial charge >= 0.3 is 0 Å². The Bertz CT molecular complexity index is 1830. The van der Waals surface area contributed by atoms with Crippen molar-refractivity contribution in [3.05, 3.63) is 167 Å². The standard InChI is InChI=1S/C46H48N2/c1-31(2)37-13-23-43(24-14-37)47(41-19-9-33(5)10-20-41)45-27-17-39(29-35(45)7)40-18-28-46(36(8)30-40)48(42-21-11-34(6)12-22-42)44-25-15-38(16-26-44)32(3)4/h9-32H,1-8H3. The first-order valence-corrected chi connectivity index (χ1v) is 17.2. The summed E-state index contributed by atoms with van der Waals surface area (Å²) in [6, 6.07) is 49.4. The van der Waals surface area contributed by atoms with Gasteiger partial charge in [-0.3, -0.25) is 0 Å². The molecule has 0 aliphatic carbocycles. The summed E-state index contributed by atoms with van der Waals surface area (Å²) < 4.78 is 0. The molecule has 0 amide bonds. The highest BCUT2D eigenvalue weighted by Crippen LogP contribution is 2.41. The van der Waals surface area contributed by atoms with E-state index in [9.17, 15) is 0 Å². The van der Waals surface area contributed by atoms with Crippen molar-refractivity contribution < 1.29 is 0 Å². The lowest BCUT2D eigenvalue weighted by atomic mass is 9.98. The van der Waals surface area contributed by atoms with Crippen molar-refractivity contribution in [3.63, 3.8) is 0 Å². The number of hydrogen-bond donors (Lipinski definition) is 0. The van der Waals surface area contributed by atoms with Crippen LogP contribution in [0.15, 0.2) is 133 Å². The Labute approximate surface area is 288 Å². The van der Waals surface area contributed by atoms with Crippen molar-refractivity contribution in [2.45, 2.75) is 67.2 Å². The van der Waals surface area contributed by atoms with Crippen LogP contribution < -0.4 is 9.80 Å². The summed E-state index contributed by atoms with van der Waals surface area (Å²) in [5.41, 5.74) is 17.1. The number of rotatable bonds is 9. The van der Waals surface area contributed by atoms with Crippen LogP contribution in [-0.2, 0) is 0 Å². The zero-order chi connectivity index (χ0) is 33.9. The van der Waals surface area contributed by atoms with Crippen LogP contribution in [-0.4, -0.2) is 0 Å². The first kappa shape index (κ1) is 32.8. The quantitative estimate of drug-likeness (QED) is 0.157. The van der Waals surface area contributed by atoms with Crippen molar-refractivity contribution in [2.75, 3.05) is 9.80 Å². The molecule has 0 unspecified atom stereocenters. The molecule has 0 atom stereocenters. The monoisotopic (exact) mass is 628 g/mol. The highest BCUT2D eigenvalue weighted by atomic mass is 15.1. The molecule has 48 heavy (non-hydrogen) atoms. The number of anilines is 6.